The molecule has 0 aliphatic carbocycles. The lowest BCUT2D eigenvalue weighted by atomic mass is 10.1. The van der Waals surface area contributed by atoms with Gasteiger partial charge in [0, 0.05) is 30.2 Å². The highest BCUT2D eigenvalue weighted by molar-refractivity contribution is 6.30. The van der Waals surface area contributed by atoms with Gasteiger partial charge in [-0.05, 0) is 30.2 Å². The molecule has 1 rings (SSSR count). The molecule has 1 amide bonds. The van der Waals surface area contributed by atoms with Gasteiger partial charge in [-0.3, -0.25) is 4.79 Å². The van der Waals surface area contributed by atoms with Crippen molar-refractivity contribution in [3.63, 3.8) is 0 Å². The lowest BCUT2D eigenvalue weighted by Crippen LogP contribution is -2.35. The quantitative estimate of drug-likeness (QED) is 0.878. The largest absolute Gasteiger partial charge is 0.329 e. The van der Waals surface area contributed by atoms with Crippen LogP contribution in [-0.4, -0.2) is 19.0 Å². The first-order valence-electron chi connectivity index (χ1n) is 5.80. The van der Waals surface area contributed by atoms with Crippen molar-refractivity contribution in [1.29, 1.82) is 0 Å². The Morgan fingerprint density at radius 1 is 1.35 bits per heavy atom. The molecule has 2 N–H and O–H groups in total. The second kappa shape index (κ2) is 6.62. The van der Waals surface area contributed by atoms with E-state index in [2.05, 4.69) is 0 Å². The second-order valence-corrected chi connectivity index (χ2v) is 4.84. The topological polar surface area (TPSA) is 46.3 Å². The van der Waals surface area contributed by atoms with Crippen LogP contribution in [0.15, 0.2) is 24.3 Å². The average molecular weight is 255 g/mol. The van der Waals surface area contributed by atoms with E-state index in [0.717, 1.165) is 5.69 Å². The van der Waals surface area contributed by atoms with Crippen molar-refractivity contribution in [3.8, 4) is 0 Å². The predicted molar refractivity (Wildman–Crippen MR) is 72.3 cm³/mol. The summed E-state index contributed by atoms with van der Waals surface area (Å²) in [7, 11) is 0. The summed E-state index contributed by atoms with van der Waals surface area (Å²) >= 11 is 5.83. The van der Waals surface area contributed by atoms with Crippen LogP contribution in [0, 0.1) is 5.92 Å². The maximum absolute atomic E-state index is 12.1. The molecule has 3 nitrogen and oxygen atoms in total. The van der Waals surface area contributed by atoms with Gasteiger partial charge in [-0.1, -0.05) is 25.4 Å². The summed E-state index contributed by atoms with van der Waals surface area (Å²) < 4.78 is 0. The van der Waals surface area contributed by atoms with E-state index in [1.54, 1.807) is 17.0 Å². The van der Waals surface area contributed by atoms with Gasteiger partial charge in [-0.15, -0.1) is 0 Å². The van der Waals surface area contributed by atoms with E-state index in [1.165, 1.54) is 0 Å². The maximum Gasteiger partial charge on any atom is 0.227 e. The Balaban J connectivity index is 2.84. The molecular formula is C13H19ClN2O. The Morgan fingerprint density at radius 3 is 2.41 bits per heavy atom. The van der Waals surface area contributed by atoms with Crippen molar-refractivity contribution in [2.45, 2.75) is 20.3 Å². The molecule has 1 aromatic carbocycles. The van der Waals surface area contributed by atoms with Gasteiger partial charge < -0.3 is 10.6 Å². The highest BCUT2D eigenvalue weighted by Crippen LogP contribution is 2.19. The van der Waals surface area contributed by atoms with Crippen LogP contribution in [0.5, 0.6) is 0 Å². The van der Waals surface area contributed by atoms with Gasteiger partial charge in [-0.2, -0.15) is 0 Å². The van der Waals surface area contributed by atoms with Gasteiger partial charge in [0.25, 0.3) is 0 Å². The molecule has 0 heterocycles. The average Bonchev–Trinajstić information content (AvgIpc) is 2.26. The van der Waals surface area contributed by atoms with Gasteiger partial charge in [0.1, 0.15) is 0 Å². The Hall–Kier alpha value is -1.06. The molecule has 0 fully saturated rings. The van der Waals surface area contributed by atoms with Gasteiger partial charge in [0.15, 0.2) is 0 Å². The number of benzene rings is 1. The van der Waals surface area contributed by atoms with Crippen LogP contribution in [0.4, 0.5) is 5.69 Å². The Labute approximate surface area is 108 Å². The zero-order valence-corrected chi connectivity index (χ0v) is 11.1. The standard InChI is InChI=1S/C13H19ClN2O/c1-10(2)9-13(17)16(8-7-15)12-5-3-11(14)4-6-12/h3-6,10H,7-9,15H2,1-2H3. The lowest BCUT2D eigenvalue weighted by molar-refractivity contribution is -0.119. The zero-order chi connectivity index (χ0) is 12.8. The molecular weight excluding hydrogens is 236 g/mol. The summed E-state index contributed by atoms with van der Waals surface area (Å²) in [4.78, 5) is 13.8. The van der Waals surface area contributed by atoms with Crippen LogP contribution < -0.4 is 10.6 Å². The summed E-state index contributed by atoms with van der Waals surface area (Å²) in [5.41, 5.74) is 6.40. The SMILES string of the molecule is CC(C)CC(=O)N(CCN)c1ccc(Cl)cc1. The molecule has 17 heavy (non-hydrogen) atoms. The molecule has 0 aliphatic heterocycles. The van der Waals surface area contributed by atoms with Crippen molar-refractivity contribution >= 4 is 23.2 Å². The van der Waals surface area contributed by atoms with E-state index in [-0.39, 0.29) is 5.91 Å². The summed E-state index contributed by atoms with van der Waals surface area (Å²) in [5.74, 6) is 0.447. The van der Waals surface area contributed by atoms with Crippen molar-refractivity contribution in [2.75, 3.05) is 18.0 Å². The van der Waals surface area contributed by atoms with Crippen LogP contribution in [0.25, 0.3) is 0 Å². The minimum atomic E-state index is 0.104. The molecule has 0 unspecified atom stereocenters. The number of hydrogen-bond donors (Lipinski definition) is 1. The summed E-state index contributed by atoms with van der Waals surface area (Å²) in [6.07, 6.45) is 0.530. The number of nitrogens with two attached hydrogens (primary N) is 1. The molecule has 0 saturated heterocycles. The van der Waals surface area contributed by atoms with Gasteiger partial charge >= 0.3 is 0 Å². The first-order chi connectivity index (χ1) is 8.04. The highest BCUT2D eigenvalue weighted by Gasteiger charge is 2.15. The number of nitrogens with zero attached hydrogens (tertiary/aromatic N) is 1. The van der Waals surface area contributed by atoms with Gasteiger partial charge in [0.05, 0.1) is 0 Å². The highest BCUT2D eigenvalue weighted by atomic mass is 35.5. The molecule has 0 radical (unpaired) electrons. The number of rotatable bonds is 5. The molecule has 4 heteroatoms. The smallest absolute Gasteiger partial charge is 0.227 e. The summed E-state index contributed by atoms with van der Waals surface area (Å²) in [5, 5.41) is 0.665. The molecule has 0 spiro atoms. The molecule has 94 valence electrons. The second-order valence-electron chi connectivity index (χ2n) is 4.41. The Bertz CT molecular complexity index is 362. The number of carbonyl (C=O) groups is 1. The molecule has 0 atom stereocenters. The third-order valence-corrected chi connectivity index (χ3v) is 2.63. The fourth-order valence-electron chi connectivity index (χ4n) is 1.61. The van der Waals surface area contributed by atoms with E-state index in [4.69, 9.17) is 17.3 Å². The summed E-state index contributed by atoms with van der Waals surface area (Å²) in [6.45, 7) is 5.04. The van der Waals surface area contributed by atoms with Crippen LogP contribution >= 0.6 is 11.6 Å². The van der Waals surface area contributed by atoms with E-state index in [1.807, 2.05) is 26.0 Å². The van der Waals surface area contributed by atoms with Crippen LogP contribution in [0.1, 0.15) is 20.3 Å². The van der Waals surface area contributed by atoms with Crippen molar-refractivity contribution in [2.24, 2.45) is 11.7 Å². The Kier molecular flexibility index (Phi) is 5.45. The first kappa shape index (κ1) is 14.0. The number of anilines is 1. The fraction of sp³-hybridized carbons (Fsp3) is 0.462. The monoisotopic (exact) mass is 254 g/mol. The number of halogens is 1. The van der Waals surface area contributed by atoms with E-state index in [0.29, 0.717) is 30.5 Å². The summed E-state index contributed by atoms with van der Waals surface area (Å²) in [6, 6.07) is 7.25. The van der Waals surface area contributed by atoms with Crippen LogP contribution in [0.2, 0.25) is 5.02 Å². The third kappa shape index (κ3) is 4.36. The molecule has 0 saturated carbocycles. The minimum Gasteiger partial charge on any atom is -0.329 e. The van der Waals surface area contributed by atoms with Crippen LogP contribution in [-0.2, 0) is 4.79 Å². The normalized spacial score (nSPS) is 10.6. The molecule has 1 aromatic rings. The van der Waals surface area contributed by atoms with Crippen molar-refractivity contribution in [3.05, 3.63) is 29.3 Å². The van der Waals surface area contributed by atoms with E-state index >= 15 is 0 Å². The molecule has 0 aliphatic rings. The lowest BCUT2D eigenvalue weighted by Gasteiger charge is -2.23. The third-order valence-electron chi connectivity index (χ3n) is 2.37. The van der Waals surface area contributed by atoms with Crippen molar-refractivity contribution < 1.29 is 4.79 Å². The fourth-order valence-corrected chi connectivity index (χ4v) is 1.73. The maximum atomic E-state index is 12.1. The van der Waals surface area contributed by atoms with Crippen molar-refractivity contribution in [1.82, 2.24) is 0 Å². The molecule has 0 aromatic heterocycles. The first-order valence-corrected chi connectivity index (χ1v) is 6.18. The van der Waals surface area contributed by atoms with Gasteiger partial charge in [0.2, 0.25) is 5.91 Å². The van der Waals surface area contributed by atoms with E-state index < -0.39 is 0 Å². The number of hydrogen-bond acceptors (Lipinski definition) is 2. The van der Waals surface area contributed by atoms with Crippen LogP contribution in [0.3, 0.4) is 0 Å². The predicted octanol–water partition coefficient (Wildman–Crippen LogP) is 2.68. The minimum absolute atomic E-state index is 0.104. The van der Waals surface area contributed by atoms with E-state index in [9.17, 15) is 4.79 Å². The molecule has 0 bridgehead atoms. The number of carbonyl (C=O) groups excluding carboxylic acids is 1. The van der Waals surface area contributed by atoms with Gasteiger partial charge in [-0.25, -0.2) is 0 Å². The Morgan fingerprint density at radius 2 is 1.94 bits per heavy atom. The zero-order valence-electron chi connectivity index (χ0n) is 10.3. The number of amides is 1.